The van der Waals surface area contributed by atoms with Gasteiger partial charge in [0.15, 0.2) is 0 Å². The fraction of sp³-hybridized carbons (Fsp3) is 0.105. The molecule has 0 unspecified atom stereocenters. The summed E-state index contributed by atoms with van der Waals surface area (Å²) >= 11 is 2.75. The Kier molecular flexibility index (Phi) is 5.70. The maximum atomic E-state index is 11.5. The number of aliphatic carboxylic acids is 1. The van der Waals surface area contributed by atoms with Gasteiger partial charge in [-0.2, -0.15) is 0 Å². The Balaban J connectivity index is 1.95. The van der Waals surface area contributed by atoms with Gasteiger partial charge in [0.2, 0.25) is 0 Å². The van der Waals surface area contributed by atoms with Crippen molar-refractivity contribution in [3.8, 4) is 0 Å². The lowest BCUT2D eigenvalue weighted by molar-refractivity contribution is -0.133. The molecule has 3 aromatic rings. The molecule has 1 heterocycles. The second-order valence-electron chi connectivity index (χ2n) is 5.29. The van der Waals surface area contributed by atoms with E-state index in [-0.39, 0.29) is 5.75 Å². The minimum atomic E-state index is -0.886. The number of thioether (sulfide) groups is 1. The first kappa shape index (κ1) is 18.2. The molecule has 0 aliphatic carbocycles. The Hall–Kier alpha value is -2.64. The average Bonchev–Trinajstić information content (AvgIpc) is 3.08. The van der Waals surface area contributed by atoms with Crippen molar-refractivity contribution in [2.45, 2.75) is 0 Å². The number of hydrogen-bond donors (Lipinski definition) is 1. The SMILES string of the molecule is COC(=O)c1ccc(/C=C(/SCC(=O)O)c2nc3ccccc3s2)cc1. The molecule has 0 bridgehead atoms. The molecule has 132 valence electrons. The van der Waals surface area contributed by atoms with E-state index in [4.69, 9.17) is 9.84 Å². The number of para-hydroxylation sites is 1. The van der Waals surface area contributed by atoms with Crippen molar-refractivity contribution in [1.29, 1.82) is 0 Å². The molecule has 2 aromatic carbocycles. The van der Waals surface area contributed by atoms with E-state index in [2.05, 4.69) is 4.98 Å². The molecule has 1 N–H and O–H groups in total. The van der Waals surface area contributed by atoms with Crippen molar-refractivity contribution in [1.82, 2.24) is 4.98 Å². The summed E-state index contributed by atoms with van der Waals surface area (Å²) in [4.78, 5) is 27.9. The van der Waals surface area contributed by atoms with Crippen LogP contribution in [0.1, 0.15) is 20.9 Å². The molecule has 0 saturated carbocycles. The van der Waals surface area contributed by atoms with E-state index in [9.17, 15) is 9.59 Å². The lowest BCUT2D eigenvalue weighted by Gasteiger charge is -2.04. The van der Waals surface area contributed by atoms with Crippen molar-refractivity contribution in [2.75, 3.05) is 12.9 Å². The van der Waals surface area contributed by atoms with E-state index in [1.54, 1.807) is 24.3 Å². The molecule has 7 heteroatoms. The number of ether oxygens (including phenoxy) is 1. The Labute approximate surface area is 158 Å². The molecule has 5 nitrogen and oxygen atoms in total. The third-order valence-electron chi connectivity index (χ3n) is 3.49. The van der Waals surface area contributed by atoms with Crippen molar-refractivity contribution >= 4 is 56.2 Å². The number of hydrogen-bond acceptors (Lipinski definition) is 6. The molecular formula is C19H15NO4S2. The van der Waals surface area contributed by atoms with E-state index in [1.807, 2.05) is 30.3 Å². The maximum Gasteiger partial charge on any atom is 0.337 e. The first-order valence-electron chi connectivity index (χ1n) is 7.67. The van der Waals surface area contributed by atoms with Crippen LogP contribution in [-0.2, 0) is 9.53 Å². The zero-order chi connectivity index (χ0) is 18.5. The Morgan fingerprint density at radius 2 is 1.92 bits per heavy atom. The minimum Gasteiger partial charge on any atom is -0.481 e. The number of methoxy groups -OCH3 is 1. The lowest BCUT2D eigenvalue weighted by atomic mass is 10.1. The van der Waals surface area contributed by atoms with E-state index in [0.717, 1.165) is 25.7 Å². The van der Waals surface area contributed by atoms with E-state index >= 15 is 0 Å². The highest BCUT2D eigenvalue weighted by Crippen LogP contribution is 2.35. The van der Waals surface area contributed by atoms with E-state index in [1.165, 1.54) is 30.2 Å². The van der Waals surface area contributed by atoms with Crippen molar-refractivity contribution in [3.63, 3.8) is 0 Å². The van der Waals surface area contributed by atoms with Gasteiger partial charge in [0, 0.05) is 4.91 Å². The van der Waals surface area contributed by atoms with Crippen LogP contribution in [0, 0.1) is 0 Å². The summed E-state index contributed by atoms with van der Waals surface area (Å²) in [6, 6.07) is 14.7. The van der Waals surface area contributed by atoms with Crippen LogP contribution >= 0.6 is 23.1 Å². The van der Waals surface area contributed by atoms with Gasteiger partial charge in [-0.3, -0.25) is 4.79 Å². The van der Waals surface area contributed by atoms with Crippen molar-refractivity contribution in [2.24, 2.45) is 0 Å². The number of rotatable bonds is 6. The molecule has 0 amide bonds. The topological polar surface area (TPSA) is 76.5 Å². The predicted octanol–water partition coefficient (Wildman–Crippen LogP) is 4.40. The van der Waals surface area contributed by atoms with Gasteiger partial charge in [-0.25, -0.2) is 9.78 Å². The average molecular weight is 385 g/mol. The first-order valence-corrected chi connectivity index (χ1v) is 9.47. The standard InChI is InChI=1S/C19H15NO4S2/c1-24-19(23)13-8-6-12(7-9-13)10-16(25-11-17(21)22)18-20-14-4-2-3-5-15(14)26-18/h2-10H,11H2,1H3,(H,21,22)/b16-10+. The molecule has 1 aromatic heterocycles. The molecule has 26 heavy (non-hydrogen) atoms. The number of nitrogens with zero attached hydrogens (tertiary/aromatic N) is 1. The highest BCUT2D eigenvalue weighted by molar-refractivity contribution is 8.09. The van der Waals surface area contributed by atoms with Crippen LogP contribution in [0.25, 0.3) is 21.2 Å². The van der Waals surface area contributed by atoms with Crippen LogP contribution in [-0.4, -0.2) is 34.9 Å². The second-order valence-corrected chi connectivity index (χ2v) is 7.34. The van der Waals surface area contributed by atoms with E-state index < -0.39 is 11.9 Å². The summed E-state index contributed by atoms with van der Waals surface area (Å²) in [5, 5.41) is 9.80. The summed E-state index contributed by atoms with van der Waals surface area (Å²) in [5.41, 5.74) is 2.20. The molecule has 0 atom stereocenters. The number of carbonyl (C=O) groups excluding carboxylic acids is 1. The zero-order valence-electron chi connectivity index (χ0n) is 13.8. The summed E-state index contributed by atoms with van der Waals surface area (Å²) in [7, 11) is 1.34. The molecule has 0 radical (unpaired) electrons. The van der Waals surface area contributed by atoms with Crippen LogP contribution in [0.4, 0.5) is 0 Å². The number of benzene rings is 2. The Morgan fingerprint density at radius 1 is 1.19 bits per heavy atom. The summed E-state index contributed by atoms with van der Waals surface area (Å²) in [6.45, 7) is 0. The molecule has 0 saturated heterocycles. The molecule has 0 fully saturated rings. The lowest BCUT2D eigenvalue weighted by Crippen LogP contribution is -2.00. The minimum absolute atomic E-state index is 0.0536. The van der Waals surface area contributed by atoms with Crippen LogP contribution in [0.2, 0.25) is 0 Å². The van der Waals surface area contributed by atoms with Gasteiger partial charge >= 0.3 is 11.9 Å². The third-order valence-corrected chi connectivity index (χ3v) is 5.70. The van der Waals surface area contributed by atoms with Gasteiger partial charge in [0.25, 0.3) is 0 Å². The van der Waals surface area contributed by atoms with Gasteiger partial charge in [0.05, 0.1) is 28.6 Å². The fourth-order valence-corrected chi connectivity index (χ4v) is 4.11. The summed E-state index contributed by atoms with van der Waals surface area (Å²) in [6.07, 6.45) is 1.88. The second kappa shape index (κ2) is 8.16. The Bertz CT molecular complexity index is 944. The number of esters is 1. The molecule has 3 rings (SSSR count). The molecule has 0 spiro atoms. The zero-order valence-corrected chi connectivity index (χ0v) is 15.5. The number of fused-ring (bicyclic) bond motifs is 1. The molecular weight excluding hydrogens is 370 g/mol. The molecule has 0 aliphatic rings. The van der Waals surface area contributed by atoms with Crippen LogP contribution in [0.15, 0.2) is 48.5 Å². The summed E-state index contributed by atoms with van der Waals surface area (Å²) < 4.78 is 5.74. The van der Waals surface area contributed by atoms with Gasteiger partial charge < -0.3 is 9.84 Å². The third kappa shape index (κ3) is 4.30. The normalized spacial score (nSPS) is 11.5. The van der Waals surface area contributed by atoms with Gasteiger partial charge in [-0.1, -0.05) is 24.3 Å². The van der Waals surface area contributed by atoms with Crippen molar-refractivity contribution in [3.05, 3.63) is 64.7 Å². The first-order chi connectivity index (χ1) is 12.6. The number of thiazole rings is 1. The fourth-order valence-electron chi connectivity index (χ4n) is 2.27. The number of carbonyl (C=O) groups is 2. The van der Waals surface area contributed by atoms with Gasteiger partial charge in [0.1, 0.15) is 5.01 Å². The van der Waals surface area contributed by atoms with Crippen molar-refractivity contribution < 1.29 is 19.4 Å². The molecule has 0 aliphatic heterocycles. The highest BCUT2D eigenvalue weighted by Gasteiger charge is 2.12. The number of aromatic nitrogens is 1. The van der Waals surface area contributed by atoms with Crippen LogP contribution in [0.3, 0.4) is 0 Å². The maximum absolute atomic E-state index is 11.5. The number of carboxylic acids is 1. The van der Waals surface area contributed by atoms with Crippen LogP contribution in [0.5, 0.6) is 0 Å². The quantitative estimate of drug-likeness (QED) is 0.634. The van der Waals surface area contributed by atoms with Crippen LogP contribution < -0.4 is 0 Å². The monoisotopic (exact) mass is 385 g/mol. The largest absolute Gasteiger partial charge is 0.481 e. The van der Waals surface area contributed by atoms with Gasteiger partial charge in [-0.05, 0) is 35.9 Å². The summed E-state index contributed by atoms with van der Waals surface area (Å²) in [5.74, 6) is -1.34. The highest BCUT2D eigenvalue weighted by atomic mass is 32.2. The van der Waals surface area contributed by atoms with E-state index in [0.29, 0.717) is 5.56 Å². The number of carboxylic acid groups (broad SMARTS) is 1. The predicted molar refractivity (Wildman–Crippen MR) is 105 cm³/mol. The Morgan fingerprint density at radius 3 is 2.58 bits per heavy atom. The van der Waals surface area contributed by atoms with Gasteiger partial charge in [-0.15, -0.1) is 23.1 Å². The smallest absolute Gasteiger partial charge is 0.337 e.